The Bertz CT molecular complexity index is 204. The fraction of sp³-hybridized carbons (Fsp3) is 1.00. The molecule has 0 aromatic heterocycles. The van der Waals surface area contributed by atoms with Gasteiger partial charge in [0.25, 0.3) is 0 Å². The van der Waals surface area contributed by atoms with Crippen LogP contribution in [0.2, 0.25) is 0 Å². The van der Waals surface area contributed by atoms with Crippen LogP contribution in [0, 0.1) is 5.92 Å². The SMILES string of the molecule is C[C@@H]1CN(CCCCC2CCOCC2)CCN1. The first-order chi connectivity index (χ1) is 8.34. The lowest BCUT2D eigenvalue weighted by Crippen LogP contribution is -2.49. The van der Waals surface area contributed by atoms with Gasteiger partial charge in [-0.15, -0.1) is 0 Å². The summed E-state index contributed by atoms with van der Waals surface area (Å²) < 4.78 is 5.40. The summed E-state index contributed by atoms with van der Waals surface area (Å²) in [7, 11) is 0. The van der Waals surface area contributed by atoms with Crippen molar-refractivity contribution < 1.29 is 4.74 Å². The number of unbranched alkanes of at least 4 members (excludes halogenated alkanes) is 1. The average Bonchev–Trinajstić information content (AvgIpc) is 2.36. The molecular formula is C14H28N2O. The molecule has 2 aliphatic rings. The van der Waals surface area contributed by atoms with Gasteiger partial charge in [-0.1, -0.05) is 12.8 Å². The normalized spacial score (nSPS) is 28.4. The first kappa shape index (κ1) is 13.3. The Kier molecular flexibility index (Phi) is 5.75. The first-order valence-electron chi connectivity index (χ1n) is 7.38. The molecule has 2 heterocycles. The first-order valence-corrected chi connectivity index (χ1v) is 7.38. The summed E-state index contributed by atoms with van der Waals surface area (Å²) in [6.45, 7) is 9.23. The topological polar surface area (TPSA) is 24.5 Å². The van der Waals surface area contributed by atoms with Gasteiger partial charge in [-0.2, -0.15) is 0 Å². The number of hydrogen-bond donors (Lipinski definition) is 1. The van der Waals surface area contributed by atoms with E-state index in [0.29, 0.717) is 6.04 Å². The summed E-state index contributed by atoms with van der Waals surface area (Å²) in [5.74, 6) is 0.950. The van der Waals surface area contributed by atoms with Crippen molar-refractivity contribution in [3.05, 3.63) is 0 Å². The molecule has 0 spiro atoms. The lowest BCUT2D eigenvalue weighted by Gasteiger charge is -2.32. The zero-order valence-electron chi connectivity index (χ0n) is 11.3. The van der Waals surface area contributed by atoms with Crippen molar-refractivity contribution in [1.82, 2.24) is 10.2 Å². The van der Waals surface area contributed by atoms with Crippen LogP contribution in [0.15, 0.2) is 0 Å². The molecule has 2 fully saturated rings. The molecule has 0 amide bonds. The van der Waals surface area contributed by atoms with E-state index in [1.807, 2.05) is 0 Å². The van der Waals surface area contributed by atoms with Crippen molar-refractivity contribution >= 4 is 0 Å². The highest BCUT2D eigenvalue weighted by Crippen LogP contribution is 2.20. The highest BCUT2D eigenvalue weighted by atomic mass is 16.5. The number of rotatable bonds is 5. The van der Waals surface area contributed by atoms with E-state index in [0.717, 1.165) is 19.1 Å². The molecule has 0 aromatic carbocycles. The van der Waals surface area contributed by atoms with Gasteiger partial charge < -0.3 is 15.0 Å². The van der Waals surface area contributed by atoms with E-state index in [4.69, 9.17) is 4.74 Å². The zero-order valence-corrected chi connectivity index (χ0v) is 11.3. The molecule has 0 bridgehead atoms. The van der Waals surface area contributed by atoms with Crippen LogP contribution in [-0.4, -0.2) is 50.3 Å². The van der Waals surface area contributed by atoms with E-state index < -0.39 is 0 Å². The number of nitrogens with zero attached hydrogens (tertiary/aromatic N) is 1. The quantitative estimate of drug-likeness (QED) is 0.743. The van der Waals surface area contributed by atoms with Gasteiger partial charge >= 0.3 is 0 Å². The third-order valence-electron chi connectivity index (χ3n) is 4.13. The van der Waals surface area contributed by atoms with Crippen LogP contribution in [0.4, 0.5) is 0 Å². The maximum absolute atomic E-state index is 5.40. The predicted molar refractivity (Wildman–Crippen MR) is 71.3 cm³/mol. The molecule has 2 aliphatic heterocycles. The molecule has 1 atom stereocenters. The van der Waals surface area contributed by atoms with Gasteiger partial charge in [0.05, 0.1) is 0 Å². The molecule has 3 heteroatoms. The summed E-state index contributed by atoms with van der Waals surface area (Å²) in [6, 6.07) is 0.680. The summed E-state index contributed by atoms with van der Waals surface area (Å²) in [6.07, 6.45) is 6.80. The molecule has 0 saturated carbocycles. The fourth-order valence-electron chi connectivity index (χ4n) is 3.02. The smallest absolute Gasteiger partial charge is 0.0468 e. The number of hydrogen-bond acceptors (Lipinski definition) is 3. The highest BCUT2D eigenvalue weighted by molar-refractivity contribution is 4.74. The number of ether oxygens (including phenoxy) is 1. The van der Waals surface area contributed by atoms with Crippen molar-refractivity contribution in [3.63, 3.8) is 0 Å². The van der Waals surface area contributed by atoms with E-state index in [2.05, 4.69) is 17.1 Å². The minimum atomic E-state index is 0.680. The van der Waals surface area contributed by atoms with Gasteiger partial charge in [-0.25, -0.2) is 0 Å². The monoisotopic (exact) mass is 240 g/mol. The van der Waals surface area contributed by atoms with E-state index in [1.54, 1.807) is 0 Å². The van der Waals surface area contributed by atoms with Gasteiger partial charge in [0.15, 0.2) is 0 Å². The van der Waals surface area contributed by atoms with Gasteiger partial charge in [-0.3, -0.25) is 0 Å². The molecule has 2 rings (SSSR count). The molecule has 0 aliphatic carbocycles. The minimum absolute atomic E-state index is 0.680. The van der Waals surface area contributed by atoms with Crippen molar-refractivity contribution in [2.45, 2.75) is 45.1 Å². The maximum Gasteiger partial charge on any atom is 0.0468 e. The Morgan fingerprint density at radius 1 is 1.24 bits per heavy atom. The van der Waals surface area contributed by atoms with Crippen LogP contribution in [0.5, 0.6) is 0 Å². The molecule has 2 saturated heterocycles. The third kappa shape index (κ3) is 4.94. The Hall–Kier alpha value is -0.120. The predicted octanol–water partition coefficient (Wildman–Crippen LogP) is 1.88. The van der Waals surface area contributed by atoms with E-state index in [-0.39, 0.29) is 0 Å². The lowest BCUT2D eigenvalue weighted by molar-refractivity contribution is 0.0627. The van der Waals surface area contributed by atoms with Crippen LogP contribution in [0.25, 0.3) is 0 Å². The third-order valence-corrected chi connectivity index (χ3v) is 4.13. The molecule has 0 aromatic rings. The van der Waals surface area contributed by atoms with Crippen molar-refractivity contribution in [1.29, 1.82) is 0 Å². The molecular weight excluding hydrogens is 212 g/mol. The standard InChI is InChI=1S/C14H28N2O/c1-13-12-16(9-7-15-13)8-3-2-4-14-5-10-17-11-6-14/h13-15H,2-12H2,1H3/t13-/m1/s1. The maximum atomic E-state index is 5.40. The van der Waals surface area contributed by atoms with Crippen LogP contribution in [0.3, 0.4) is 0 Å². The number of piperazine rings is 1. The van der Waals surface area contributed by atoms with Crippen LogP contribution >= 0.6 is 0 Å². The Labute approximate surface area is 106 Å². The second-order valence-corrected chi connectivity index (χ2v) is 5.71. The average molecular weight is 240 g/mol. The van der Waals surface area contributed by atoms with E-state index in [1.165, 1.54) is 58.3 Å². The van der Waals surface area contributed by atoms with Gasteiger partial charge in [-0.05, 0) is 38.6 Å². The molecule has 1 N–H and O–H groups in total. The van der Waals surface area contributed by atoms with Gasteiger partial charge in [0.2, 0.25) is 0 Å². The second kappa shape index (κ2) is 7.34. The summed E-state index contributed by atoms with van der Waals surface area (Å²) in [5.41, 5.74) is 0. The molecule has 0 radical (unpaired) electrons. The highest BCUT2D eigenvalue weighted by Gasteiger charge is 2.16. The summed E-state index contributed by atoms with van der Waals surface area (Å²) in [5, 5.41) is 3.50. The Morgan fingerprint density at radius 3 is 2.82 bits per heavy atom. The van der Waals surface area contributed by atoms with Crippen LogP contribution in [0.1, 0.15) is 39.0 Å². The molecule has 3 nitrogen and oxygen atoms in total. The Balaban J connectivity index is 1.50. The van der Waals surface area contributed by atoms with Crippen LogP contribution < -0.4 is 5.32 Å². The number of nitrogens with one attached hydrogen (secondary N) is 1. The second-order valence-electron chi connectivity index (χ2n) is 5.71. The van der Waals surface area contributed by atoms with Gasteiger partial charge in [0.1, 0.15) is 0 Å². The Morgan fingerprint density at radius 2 is 2.06 bits per heavy atom. The zero-order chi connectivity index (χ0) is 11.9. The lowest BCUT2D eigenvalue weighted by atomic mass is 9.94. The largest absolute Gasteiger partial charge is 0.381 e. The van der Waals surface area contributed by atoms with Gasteiger partial charge in [0, 0.05) is 38.9 Å². The van der Waals surface area contributed by atoms with Crippen LogP contribution in [-0.2, 0) is 4.74 Å². The fourth-order valence-corrected chi connectivity index (χ4v) is 3.02. The van der Waals surface area contributed by atoms with Crippen molar-refractivity contribution in [2.75, 3.05) is 39.4 Å². The van der Waals surface area contributed by atoms with E-state index in [9.17, 15) is 0 Å². The van der Waals surface area contributed by atoms with Crippen molar-refractivity contribution in [3.8, 4) is 0 Å². The molecule has 100 valence electrons. The minimum Gasteiger partial charge on any atom is -0.381 e. The van der Waals surface area contributed by atoms with Crippen molar-refractivity contribution in [2.24, 2.45) is 5.92 Å². The van der Waals surface area contributed by atoms with E-state index >= 15 is 0 Å². The molecule has 17 heavy (non-hydrogen) atoms. The summed E-state index contributed by atoms with van der Waals surface area (Å²) in [4.78, 5) is 2.62. The summed E-state index contributed by atoms with van der Waals surface area (Å²) >= 11 is 0. The molecule has 0 unspecified atom stereocenters.